The van der Waals surface area contributed by atoms with Crippen LogP contribution in [0, 0.1) is 5.82 Å². The van der Waals surface area contributed by atoms with Gasteiger partial charge in [-0.15, -0.1) is 0 Å². The van der Waals surface area contributed by atoms with Gasteiger partial charge in [0.15, 0.2) is 0 Å². The summed E-state index contributed by atoms with van der Waals surface area (Å²) in [5.41, 5.74) is 6.10. The first kappa shape index (κ1) is 14.4. The predicted molar refractivity (Wildman–Crippen MR) is 70.1 cm³/mol. The Hall–Kier alpha value is -1.62. The van der Waals surface area contributed by atoms with Crippen molar-refractivity contribution in [3.63, 3.8) is 0 Å². The van der Waals surface area contributed by atoms with E-state index in [4.69, 9.17) is 10.9 Å². The molecule has 0 aliphatic heterocycles. The number of amidine groups is 1. The molecule has 0 bridgehead atoms. The van der Waals surface area contributed by atoms with E-state index in [0.717, 1.165) is 6.42 Å². The van der Waals surface area contributed by atoms with E-state index < -0.39 is 0 Å². The molecule has 1 aromatic rings. The molecule has 0 amide bonds. The smallest absolute Gasteiger partial charge is 0.140 e. The molecule has 100 valence electrons. The van der Waals surface area contributed by atoms with Crippen molar-refractivity contribution in [3.05, 3.63) is 35.6 Å². The van der Waals surface area contributed by atoms with Crippen molar-refractivity contribution in [2.45, 2.75) is 38.8 Å². The van der Waals surface area contributed by atoms with Crippen LogP contribution >= 0.6 is 0 Å². The molecule has 5 heteroatoms. The second-order valence-corrected chi connectivity index (χ2v) is 4.31. The van der Waals surface area contributed by atoms with Crippen LogP contribution in [0.2, 0.25) is 0 Å². The molecule has 0 saturated heterocycles. The summed E-state index contributed by atoms with van der Waals surface area (Å²) < 4.78 is 13.6. The SMILES string of the molecule is CCC(CC(N)=NO)NC(C)c1ccccc1F. The number of rotatable bonds is 6. The topological polar surface area (TPSA) is 70.6 Å². The molecule has 4 nitrogen and oxygen atoms in total. The van der Waals surface area contributed by atoms with Gasteiger partial charge in [0.05, 0.1) is 0 Å². The summed E-state index contributed by atoms with van der Waals surface area (Å²) in [6.07, 6.45) is 1.25. The molecule has 18 heavy (non-hydrogen) atoms. The van der Waals surface area contributed by atoms with Crippen molar-refractivity contribution >= 4 is 5.84 Å². The maximum absolute atomic E-state index is 13.6. The number of hydrogen-bond donors (Lipinski definition) is 3. The first-order valence-corrected chi connectivity index (χ1v) is 6.05. The van der Waals surface area contributed by atoms with Gasteiger partial charge in [-0.25, -0.2) is 4.39 Å². The fourth-order valence-corrected chi connectivity index (χ4v) is 1.88. The highest BCUT2D eigenvalue weighted by Crippen LogP contribution is 2.17. The van der Waals surface area contributed by atoms with Crippen LogP contribution in [0.25, 0.3) is 0 Å². The van der Waals surface area contributed by atoms with E-state index in [0.29, 0.717) is 12.0 Å². The van der Waals surface area contributed by atoms with Gasteiger partial charge in [-0.3, -0.25) is 0 Å². The molecule has 2 atom stereocenters. The van der Waals surface area contributed by atoms with Crippen LogP contribution in [0.5, 0.6) is 0 Å². The number of benzene rings is 1. The number of hydrogen-bond acceptors (Lipinski definition) is 3. The molecule has 0 fully saturated rings. The maximum atomic E-state index is 13.6. The zero-order valence-corrected chi connectivity index (χ0v) is 10.7. The van der Waals surface area contributed by atoms with Crippen LogP contribution in [-0.2, 0) is 0 Å². The molecule has 0 radical (unpaired) electrons. The lowest BCUT2D eigenvalue weighted by atomic mass is 10.0. The minimum Gasteiger partial charge on any atom is -0.409 e. The van der Waals surface area contributed by atoms with Crippen molar-refractivity contribution in [2.75, 3.05) is 0 Å². The standard InChI is InChI=1S/C13H20FN3O/c1-3-10(8-13(15)17-18)16-9(2)11-6-4-5-7-12(11)14/h4-7,9-10,16,18H,3,8H2,1-2H3,(H2,15,17). The largest absolute Gasteiger partial charge is 0.409 e. The zero-order valence-electron chi connectivity index (χ0n) is 10.7. The number of oxime groups is 1. The van der Waals surface area contributed by atoms with Gasteiger partial charge >= 0.3 is 0 Å². The lowest BCUT2D eigenvalue weighted by molar-refractivity contribution is 0.314. The van der Waals surface area contributed by atoms with E-state index in [2.05, 4.69) is 10.5 Å². The highest BCUT2D eigenvalue weighted by molar-refractivity contribution is 5.80. The van der Waals surface area contributed by atoms with Crippen LogP contribution < -0.4 is 11.1 Å². The lowest BCUT2D eigenvalue weighted by Crippen LogP contribution is -2.35. The third-order valence-electron chi connectivity index (χ3n) is 2.93. The van der Waals surface area contributed by atoms with Gasteiger partial charge < -0.3 is 16.3 Å². The van der Waals surface area contributed by atoms with Gasteiger partial charge in [-0.1, -0.05) is 30.3 Å². The Morgan fingerprint density at radius 2 is 2.17 bits per heavy atom. The molecule has 0 aromatic heterocycles. The van der Waals surface area contributed by atoms with Crippen LogP contribution in [0.1, 0.15) is 38.3 Å². The zero-order chi connectivity index (χ0) is 13.5. The van der Waals surface area contributed by atoms with E-state index in [1.54, 1.807) is 18.2 Å². The van der Waals surface area contributed by atoms with Gasteiger partial charge in [-0.2, -0.15) is 0 Å². The van der Waals surface area contributed by atoms with Crippen LogP contribution in [-0.4, -0.2) is 17.1 Å². The van der Waals surface area contributed by atoms with E-state index in [1.807, 2.05) is 13.8 Å². The van der Waals surface area contributed by atoms with Gasteiger partial charge in [0.25, 0.3) is 0 Å². The minimum absolute atomic E-state index is 0.0514. The van der Waals surface area contributed by atoms with Crippen molar-refractivity contribution in [1.82, 2.24) is 5.32 Å². The normalized spacial score (nSPS) is 15.4. The molecular weight excluding hydrogens is 233 g/mol. The van der Waals surface area contributed by atoms with Gasteiger partial charge in [0.1, 0.15) is 11.7 Å². The van der Waals surface area contributed by atoms with Crippen LogP contribution in [0.4, 0.5) is 4.39 Å². The molecule has 0 saturated carbocycles. The second-order valence-electron chi connectivity index (χ2n) is 4.31. The second kappa shape index (κ2) is 6.96. The predicted octanol–water partition coefficient (Wildman–Crippen LogP) is 2.39. The first-order valence-electron chi connectivity index (χ1n) is 6.05. The third-order valence-corrected chi connectivity index (χ3v) is 2.93. The summed E-state index contributed by atoms with van der Waals surface area (Å²) in [6.45, 7) is 3.89. The number of nitrogens with zero attached hydrogens (tertiary/aromatic N) is 1. The van der Waals surface area contributed by atoms with Crippen molar-refractivity contribution < 1.29 is 9.60 Å². The molecule has 1 rings (SSSR count). The summed E-state index contributed by atoms with van der Waals surface area (Å²) >= 11 is 0. The van der Waals surface area contributed by atoms with E-state index in [1.165, 1.54) is 6.07 Å². The first-order chi connectivity index (χ1) is 8.58. The highest BCUT2D eigenvalue weighted by atomic mass is 19.1. The summed E-state index contributed by atoms with van der Waals surface area (Å²) in [7, 11) is 0. The van der Waals surface area contributed by atoms with Crippen LogP contribution in [0.3, 0.4) is 0 Å². The average Bonchev–Trinajstić information content (AvgIpc) is 2.38. The Morgan fingerprint density at radius 1 is 1.50 bits per heavy atom. The fraction of sp³-hybridized carbons (Fsp3) is 0.462. The monoisotopic (exact) mass is 253 g/mol. The van der Waals surface area contributed by atoms with E-state index >= 15 is 0 Å². The Balaban J connectivity index is 2.68. The molecule has 0 aliphatic carbocycles. The van der Waals surface area contributed by atoms with Gasteiger partial charge in [0.2, 0.25) is 0 Å². The average molecular weight is 253 g/mol. The molecule has 0 heterocycles. The third kappa shape index (κ3) is 4.00. The van der Waals surface area contributed by atoms with Crippen molar-refractivity contribution in [1.29, 1.82) is 0 Å². The summed E-state index contributed by atoms with van der Waals surface area (Å²) in [6, 6.07) is 6.60. The summed E-state index contributed by atoms with van der Waals surface area (Å²) in [4.78, 5) is 0. The number of halogens is 1. The van der Waals surface area contributed by atoms with Crippen LogP contribution in [0.15, 0.2) is 29.4 Å². The van der Waals surface area contributed by atoms with Gasteiger partial charge in [-0.05, 0) is 19.4 Å². The lowest BCUT2D eigenvalue weighted by Gasteiger charge is -2.22. The number of nitrogens with two attached hydrogens (primary N) is 1. The molecule has 2 unspecified atom stereocenters. The highest BCUT2D eigenvalue weighted by Gasteiger charge is 2.15. The number of nitrogens with one attached hydrogen (secondary N) is 1. The quantitative estimate of drug-likeness (QED) is 0.315. The summed E-state index contributed by atoms with van der Waals surface area (Å²) in [5, 5.41) is 14.8. The van der Waals surface area contributed by atoms with Crippen molar-refractivity contribution in [3.8, 4) is 0 Å². The molecule has 0 spiro atoms. The molecule has 4 N–H and O–H groups in total. The minimum atomic E-state index is -0.226. The summed E-state index contributed by atoms with van der Waals surface area (Å²) in [5.74, 6) is -0.0498. The molecular formula is C13H20FN3O. The maximum Gasteiger partial charge on any atom is 0.140 e. The Bertz CT molecular complexity index is 409. The Labute approximate surface area is 107 Å². The van der Waals surface area contributed by atoms with Gasteiger partial charge in [0, 0.05) is 24.1 Å². The Kier molecular flexibility index (Phi) is 5.58. The van der Waals surface area contributed by atoms with E-state index in [9.17, 15) is 4.39 Å². The molecule has 1 aromatic carbocycles. The van der Waals surface area contributed by atoms with Crippen molar-refractivity contribution in [2.24, 2.45) is 10.9 Å². The van der Waals surface area contributed by atoms with E-state index in [-0.39, 0.29) is 23.7 Å². The molecule has 0 aliphatic rings. The fourth-order valence-electron chi connectivity index (χ4n) is 1.88. The Morgan fingerprint density at radius 3 is 2.72 bits per heavy atom.